The van der Waals surface area contributed by atoms with Crippen molar-refractivity contribution in [3.63, 3.8) is 0 Å². The molecule has 0 N–H and O–H groups in total. The summed E-state index contributed by atoms with van der Waals surface area (Å²) in [6.45, 7) is 2.46. The van der Waals surface area contributed by atoms with Gasteiger partial charge < -0.3 is 9.30 Å². The molecule has 2 heterocycles. The van der Waals surface area contributed by atoms with Crippen LogP contribution in [0.5, 0.6) is 5.75 Å². The lowest BCUT2D eigenvalue weighted by Crippen LogP contribution is -2.30. The number of nitro benzene ring substituents is 1. The van der Waals surface area contributed by atoms with Crippen LogP contribution in [0.1, 0.15) is 29.3 Å². The molecule has 0 saturated carbocycles. The quantitative estimate of drug-likeness (QED) is 0.488. The third-order valence-electron chi connectivity index (χ3n) is 5.30. The maximum Gasteiger partial charge on any atom is 0.274 e. The third kappa shape index (κ3) is 3.51. The van der Waals surface area contributed by atoms with Crippen LogP contribution in [0.25, 0.3) is 0 Å². The summed E-state index contributed by atoms with van der Waals surface area (Å²) >= 11 is 0. The van der Waals surface area contributed by atoms with Crippen LogP contribution in [-0.4, -0.2) is 28.0 Å². The summed E-state index contributed by atoms with van der Waals surface area (Å²) in [5.41, 5.74) is 3.12. The Morgan fingerprint density at radius 3 is 2.79 bits per heavy atom. The van der Waals surface area contributed by atoms with Crippen LogP contribution in [0.3, 0.4) is 0 Å². The molecular weight excluding hydrogens is 354 g/mol. The highest BCUT2D eigenvalue weighted by molar-refractivity contribution is 5.46. The van der Waals surface area contributed by atoms with E-state index in [0.717, 1.165) is 42.1 Å². The van der Waals surface area contributed by atoms with E-state index in [1.54, 1.807) is 19.2 Å². The summed E-state index contributed by atoms with van der Waals surface area (Å²) in [6, 6.07) is 19.0. The van der Waals surface area contributed by atoms with Gasteiger partial charge in [0, 0.05) is 37.6 Å². The summed E-state index contributed by atoms with van der Waals surface area (Å²) in [6.07, 6.45) is 3.05. The number of rotatable bonds is 5. The fourth-order valence-corrected chi connectivity index (χ4v) is 4.06. The third-order valence-corrected chi connectivity index (χ3v) is 5.30. The Kier molecular flexibility index (Phi) is 5.12. The second kappa shape index (κ2) is 7.86. The van der Waals surface area contributed by atoms with Crippen LogP contribution >= 0.6 is 0 Å². The van der Waals surface area contributed by atoms with Gasteiger partial charge in [-0.2, -0.15) is 0 Å². The van der Waals surface area contributed by atoms with Crippen molar-refractivity contribution in [3.8, 4) is 5.75 Å². The Morgan fingerprint density at radius 2 is 1.96 bits per heavy atom. The van der Waals surface area contributed by atoms with Crippen molar-refractivity contribution in [2.24, 2.45) is 0 Å². The fraction of sp³-hybridized carbons (Fsp3) is 0.273. The zero-order chi connectivity index (χ0) is 19.5. The highest BCUT2D eigenvalue weighted by atomic mass is 16.6. The first-order valence-electron chi connectivity index (χ1n) is 9.42. The number of methoxy groups -OCH3 is 1. The number of fused-ring (bicyclic) bond motifs is 1. The molecule has 28 heavy (non-hydrogen) atoms. The van der Waals surface area contributed by atoms with Crippen LogP contribution < -0.4 is 4.74 Å². The Morgan fingerprint density at radius 1 is 1.11 bits per heavy atom. The lowest BCUT2D eigenvalue weighted by molar-refractivity contribution is -0.385. The highest BCUT2D eigenvalue weighted by Gasteiger charge is 2.32. The molecule has 0 fully saturated rings. The molecule has 3 aromatic rings. The van der Waals surface area contributed by atoms with E-state index in [4.69, 9.17) is 4.74 Å². The minimum atomic E-state index is -0.281. The van der Waals surface area contributed by atoms with E-state index in [-0.39, 0.29) is 16.7 Å². The van der Waals surface area contributed by atoms with E-state index in [1.807, 2.05) is 36.4 Å². The smallest absolute Gasteiger partial charge is 0.274 e. The molecule has 6 nitrogen and oxygen atoms in total. The van der Waals surface area contributed by atoms with Crippen molar-refractivity contribution in [2.75, 3.05) is 13.7 Å². The van der Waals surface area contributed by atoms with Gasteiger partial charge in [0.15, 0.2) is 0 Å². The summed E-state index contributed by atoms with van der Waals surface area (Å²) in [4.78, 5) is 13.8. The molecule has 6 heteroatoms. The Balaban J connectivity index is 1.79. The van der Waals surface area contributed by atoms with Gasteiger partial charge in [-0.15, -0.1) is 0 Å². The molecule has 1 unspecified atom stereocenters. The Labute approximate surface area is 164 Å². The normalized spacial score (nSPS) is 17.0. The molecule has 1 aliphatic heterocycles. The van der Waals surface area contributed by atoms with Gasteiger partial charge in [-0.05, 0) is 36.2 Å². The topological polar surface area (TPSA) is 60.5 Å². The highest BCUT2D eigenvalue weighted by Crippen LogP contribution is 2.37. The van der Waals surface area contributed by atoms with Gasteiger partial charge in [0.05, 0.1) is 23.6 Å². The van der Waals surface area contributed by atoms with E-state index in [0.29, 0.717) is 6.54 Å². The number of aromatic nitrogens is 1. The lowest BCUT2D eigenvalue weighted by atomic mass is 9.99. The molecule has 144 valence electrons. The van der Waals surface area contributed by atoms with Crippen LogP contribution in [0.2, 0.25) is 0 Å². The summed E-state index contributed by atoms with van der Waals surface area (Å²) < 4.78 is 7.58. The van der Waals surface area contributed by atoms with Gasteiger partial charge in [-0.25, -0.2) is 0 Å². The molecule has 0 saturated heterocycles. The molecule has 2 aromatic carbocycles. The predicted octanol–water partition coefficient (Wildman–Crippen LogP) is 4.40. The van der Waals surface area contributed by atoms with Crippen molar-refractivity contribution in [1.29, 1.82) is 0 Å². The van der Waals surface area contributed by atoms with Crippen molar-refractivity contribution in [2.45, 2.75) is 25.6 Å². The van der Waals surface area contributed by atoms with Crippen LogP contribution in [-0.2, 0) is 13.1 Å². The molecule has 0 amide bonds. The first-order chi connectivity index (χ1) is 13.7. The first kappa shape index (κ1) is 18.3. The average molecular weight is 377 g/mol. The molecular formula is C22H23N3O3. The molecule has 0 aliphatic carbocycles. The molecule has 0 spiro atoms. The van der Waals surface area contributed by atoms with Crippen LogP contribution in [0, 0.1) is 10.1 Å². The van der Waals surface area contributed by atoms with Crippen LogP contribution in [0.15, 0.2) is 66.9 Å². The zero-order valence-electron chi connectivity index (χ0n) is 15.8. The summed E-state index contributed by atoms with van der Waals surface area (Å²) in [5, 5.41) is 11.7. The number of ether oxygens (including phenoxy) is 1. The second-order valence-corrected chi connectivity index (χ2v) is 7.02. The van der Waals surface area contributed by atoms with Crippen LogP contribution in [0.4, 0.5) is 5.69 Å². The van der Waals surface area contributed by atoms with E-state index in [1.165, 1.54) is 0 Å². The van der Waals surface area contributed by atoms with E-state index in [9.17, 15) is 10.1 Å². The zero-order valence-corrected chi connectivity index (χ0v) is 15.8. The van der Waals surface area contributed by atoms with Crippen molar-refractivity contribution in [3.05, 3.63) is 93.8 Å². The van der Waals surface area contributed by atoms with Gasteiger partial charge in [0.25, 0.3) is 5.69 Å². The number of hydrogen-bond donors (Lipinski definition) is 0. The Hall–Kier alpha value is -3.12. The minimum absolute atomic E-state index is 0.165. The predicted molar refractivity (Wildman–Crippen MR) is 107 cm³/mol. The van der Waals surface area contributed by atoms with E-state index in [2.05, 4.69) is 27.8 Å². The number of hydrogen-bond acceptors (Lipinski definition) is 4. The fourth-order valence-electron chi connectivity index (χ4n) is 4.06. The Bertz CT molecular complexity index is 982. The van der Waals surface area contributed by atoms with Crippen molar-refractivity contribution < 1.29 is 9.66 Å². The molecule has 1 aliphatic rings. The monoisotopic (exact) mass is 377 g/mol. The van der Waals surface area contributed by atoms with Gasteiger partial charge in [0.2, 0.25) is 0 Å². The molecule has 4 rings (SSSR count). The second-order valence-electron chi connectivity index (χ2n) is 7.02. The number of nitrogens with zero attached hydrogens (tertiary/aromatic N) is 3. The SMILES string of the molecule is COc1cccc(CN2CCCn3cccc3C2c2ccccc2[N+](=O)[O-])c1. The van der Waals surface area contributed by atoms with Crippen molar-refractivity contribution in [1.82, 2.24) is 9.47 Å². The molecule has 0 radical (unpaired) electrons. The van der Waals surface area contributed by atoms with Gasteiger partial charge in [-0.3, -0.25) is 15.0 Å². The standard InChI is InChI=1S/C22H23N3O3/c1-28-18-8-4-7-17(15-18)16-24-14-6-13-23-12-5-11-21(23)22(24)19-9-2-3-10-20(19)25(26)27/h2-5,7-12,15,22H,6,13-14,16H2,1H3. The molecule has 0 bridgehead atoms. The van der Waals surface area contributed by atoms with E-state index >= 15 is 0 Å². The summed E-state index contributed by atoms with van der Waals surface area (Å²) in [7, 11) is 1.66. The molecule has 1 atom stereocenters. The van der Waals surface area contributed by atoms with Gasteiger partial charge in [0.1, 0.15) is 5.75 Å². The minimum Gasteiger partial charge on any atom is -0.497 e. The maximum absolute atomic E-state index is 11.7. The van der Waals surface area contributed by atoms with Gasteiger partial charge in [-0.1, -0.05) is 30.3 Å². The number of benzene rings is 2. The number of nitro groups is 1. The number of aryl methyl sites for hydroxylation is 1. The largest absolute Gasteiger partial charge is 0.497 e. The average Bonchev–Trinajstić information content (AvgIpc) is 3.10. The maximum atomic E-state index is 11.7. The number of para-hydroxylation sites is 1. The lowest BCUT2D eigenvalue weighted by Gasteiger charge is -2.30. The van der Waals surface area contributed by atoms with Crippen molar-refractivity contribution >= 4 is 5.69 Å². The first-order valence-corrected chi connectivity index (χ1v) is 9.42. The summed E-state index contributed by atoms with van der Waals surface area (Å²) in [5.74, 6) is 0.818. The van der Waals surface area contributed by atoms with Gasteiger partial charge >= 0.3 is 0 Å². The van der Waals surface area contributed by atoms with E-state index < -0.39 is 0 Å². The molecule has 1 aromatic heterocycles.